The smallest absolute Gasteiger partial charge is 0.138 e. The number of imidazole rings is 1. The first-order chi connectivity index (χ1) is 10.8. The quantitative estimate of drug-likeness (QED) is 0.801. The van der Waals surface area contributed by atoms with Crippen molar-refractivity contribution >= 4 is 0 Å². The molecule has 3 aromatic rings. The van der Waals surface area contributed by atoms with E-state index in [0.717, 1.165) is 28.3 Å². The second-order valence-electron chi connectivity index (χ2n) is 4.78. The summed E-state index contributed by atoms with van der Waals surface area (Å²) in [6, 6.07) is 13.3. The largest absolute Gasteiger partial charge is 0.378 e. The zero-order valence-electron chi connectivity index (χ0n) is 12.1. The Morgan fingerprint density at radius 3 is 2.64 bits per heavy atom. The molecule has 5 heteroatoms. The van der Waals surface area contributed by atoms with Crippen molar-refractivity contribution in [3.8, 4) is 28.7 Å². The molecular formula is C17H14N4O. The zero-order valence-corrected chi connectivity index (χ0v) is 12.1. The lowest BCUT2D eigenvalue weighted by molar-refractivity contribution is 0.182. The number of hydrogen-bond acceptors (Lipinski definition) is 4. The highest BCUT2D eigenvalue weighted by molar-refractivity contribution is 5.67. The topological polar surface area (TPSA) is 74.6 Å². The highest BCUT2D eigenvalue weighted by Gasteiger charge is 2.13. The summed E-state index contributed by atoms with van der Waals surface area (Å²) in [5, 5.41) is 8.87. The van der Waals surface area contributed by atoms with Gasteiger partial charge in [0.15, 0.2) is 0 Å². The maximum absolute atomic E-state index is 8.87. The monoisotopic (exact) mass is 290 g/mol. The van der Waals surface area contributed by atoms with E-state index < -0.39 is 0 Å². The molecule has 5 nitrogen and oxygen atoms in total. The van der Waals surface area contributed by atoms with Crippen molar-refractivity contribution in [2.75, 3.05) is 7.11 Å². The first-order valence-corrected chi connectivity index (χ1v) is 6.80. The molecule has 0 saturated carbocycles. The molecule has 0 bridgehead atoms. The van der Waals surface area contributed by atoms with Gasteiger partial charge in [0.05, 0.1) is 29.6 Å². The van der Waals surface area contributed by atoms with Gasteiger partial charge in [-0.3, -0.25) is 4.98 Å². The Hall–Kier alpha value is -2.97. The van der Waals surface area contributed by atoms with Crippen LogP contribution in [-0.2, 0) is 11.3 Å². The van der Waals surface area contributed by atoms with Gasteiger partial charge in [0.2, 0.25) is 0 Å². The van der Waals surface area contributed by atoms with Gasteiger partial charge < -0.3 is 9.72 Å². The molecule has 3 rings (SSSR count). The fraction of sp³-hybridized carbons (Fsp3) is 0.118. The van der Waals surface area contributed by atoms with Crippen LogP contribution < -0.4 is 0 Å². The van der Waals surface area contributed by atoms with Gasteiger partial charge in [-0.15, -0.1) is 0 Å². The van der Waals surface area contributed by atoms with E-state index in [1.165, 1.54) is 0 Å². The average Bonchev–Trinajstić information content (AvgIpc) is 3.00. The summed E-state index contributed by atoms with van der Waals surface area (Å²) in [7, 11) is 1.65. The van der Waals surface area contributed by atoms with Crippen LogP contribution in [0.4, 0.5) is 0 Å². The number of hydrogen-bond donors (Lipinski definition) is 1. The van der Waals surface area contributed by atoms with Gasteiger partial charge >= 0.3 is 0 Å². The van der Waals surface area contributed by atoms with Crippen LogP contribution in [0.1, 0.15) is 11.3 Å². The Morgan fingerprint density at radius 1 is 1.18 bits per heavy atom. The molecule has 1 N–H and O–H groups in total. The first-order valence-electron chi connectivity index (χ1n) is 6.80. The third-order valence-electron chi connectivity index (χ3n) is 3.29. The number of nitriles is 1. The van der Waals surface area contributed by atoms with Gasteiger partial charge in [0.1, 0.15) is 5.82 Å². The number of nitrogens with zero attached hydrogens (tertiary/aromatic N) is 3. The minimum atomic E-state index is 0.438. The van der Waals surface area contributed by atoms with Crippen LogP contribution in [0.5, 0.6) is 0 Å². The van der Waals surface area contributed by atoms with Crippen molar-refractivity contribution in [2.45, 2.75) is 6.61 Å². The molecule has 22 heavy (non-hydrogen) atoms. The molecule has 0 unspecified atom stereocenters. The molecule has 1 aromatic carbocycles. The minimum absolute atomic E-state index is 0.438. The van der Waals surface area contributed by atoms with E-state index in [4.69, 9.17) is 10.00 Å². The number of rotatable bonds is 4. The molecule has 2 aromatic heterocycles. The summed E-state index contributed by atoms with van der Waals surface area (Å²) in [6.45, 7) is 0.438. The Bertz CT molecular complexity index is 801. The highest BCUT2D eigenvalue weighted by Crippen LogP contribution is 2.26. The lowest BCUT2D eigenvalue weighted by atomic mass is 10.1. The Morgan fingerprint density at radius 2 is 2.00 bits per heavy atom. The number of pyridine rings is 1. The summed E-state index contributed by atoms with van der Waals surface area (Å²) < 4.78 is 5.24. The third-order valence-corrected chi connectivity index (χ3v) is 3.29. The van der Waals surface area contributed by atoms with E-state index in [2.05, 4.69) is 21.0 Å². The third kappa shape index (κ3) is 2.73. The van der Waals surface area contributed by atoms with Crippen LogP contribution in [0.3, 0.4) is 0 Å². The first kappa shape index (κ1) is 14.0. The molecule has 0 saturated heterocycles. The number of nitrogens with one attached hydrogen (secondary N) is 1. The number of H-pyrrole nitrogens is 1. The fourth-order valence-corrected chi connectivity index (χ4v) is 2.24. The van der Waals surface area contributed by atoms with Crippen molar-refractivity contribution in [2.24, 2.45) is 0 Å². The number of benzene rings is 1. The SMILES string of the molecule is COCc1[nH]c(-c2ccc(C#N)cc2)nc1-c1cccnc1. The van der Waals surface area contributed by atoms with E-state index >= 15 is 0 Å². The van der Waals surface area contributed by atoms with Gasteiger partial charge in [0, 0.05) is 30.6 Å². The van der Waals surface area contributed by atoms with Crippen LogP contribution in [0.15, 0.2) is 48.8 Å². The van der Waals surface area contributed by atoms with Gasteiger partial charge in [-0.25, -0.2) is 4.98 Å². The van der Waals surface area contributed by atoms with E-state index in [-0.39, 0.29) is 0 Å². The molecular weight excluding hydrogens is 276 g/mol. The summed E-state index contributed by atoms with van der Waals surface area (Å²) in [5.74, 6) is 0.746. The molecule has 0 aliphatic carbocycles. The number of aromatic amines is 1. The molecule has 108 valence electrons. The van der Waals surface area contributed by atoms with Crippen molar-refractivity contribution < 1.29 is 4.74 Å². The van der Waals surface area contributed by atoms with Gasteiger partial charge in [-0.1, -0.05) is 0 Å². The lowest BCUT2D eigenvalue weighted by Crippen LogP contribution is -1.91. The van der Waals surface area contributed by atoms with Crippen LogP contribution in [0.2, 0.25) is 0 Å². The van der Waals surface area contributed by atoms with Crippen molar-refractivity contribution in [1.82, 2.24) is 15.0 Å². The fourth-order valence-electron chi connectivity index (χ4n) is 2.24. The molecule has 0 aliphatic rings. The van der Waals surface area contributed by atoms with E-state index in [1.54, 1.807) is 31.6 Å². The van der Waals surface area contributed by atoms with E-state index in [9.17, 15) is 0 Å². The predicted octanol–water partition coefficient (Wildman–Crippen LogP) is 3.16. The second-order valence-corrected chi connectivity index (χ2v) is 4.78. The second kappa shape index (κ2) is 6.20. The van der Waals surface area contributed by atoms with Gasteiger partial charge in [-0.2, -0.15) is 5.26 Å². The van der Waals surface area contributed by atoms with E-state index in [1.807, 2.05) is 24.3 Å². The molecule has 0 radical (unpaired) electrons. The summed E-state index contributed by atoms with van der Waals surface area (Å²) >= 11 is 0. The standard InChI is InChI=1S/C17H14N4O/c1-22-11-15-16(14-3-2-8-19-10-14)21-17(20-15)13-6-4-12(9-18)5-7-13/h2-8,10H,11H2,1H3,(H,20,21). The predicted molar refractivity (Wildman–Crippen MR) is 82.7 cm³/mol. The van der Waals surface area contributed by atoms with Crippen LogP contribution in [-0.4, -0.2) is 22.1 Å². The zero-order chi connectivity index (χ0) is 15.4. The Labute approximate surface area is 128 Å². The number of aromatic nitrogens is 3. The number of methoxy groups -OCH3 is 1. The molecule has 0 fully saturated rings. The minimum Gasteiger partial charge on any atom is -0.378 e. The van der Waals surface area contributed by atoms with Crippen molar-refractivity contribution in [3.05, 3.63) is 60.0 Å². The van der Waals surface area contributed by atoms with Crippen LogP contribution >= 0.6 is 0 Å². The van der Waals surface area contributed by atoms with E-state index in [0.29, 0.717) is 12.2 Å². The molecule has 0 amide bonds. The molecule has 0 atom stereocenters. The van der Waals surface area contributed by atoms with Gasteiger partial charge in [0.25, 0.3) is 0 Å². The molecule has 0 aliphatic heterocycles. The molecule has 0 spiro atoms. The van der Waals surface area contributed by atoms with Crippen molar-refractivity contribution in [3.63, 3.8) is 0 Å². The number of ether oxygens (including phenoxy) is 1. The van der Waals surface area contributed by atoms with Gasteiger partial charge in [-0.05, 0) is 36.4 Å². The van der Waals surface area contributed by atoms with Crippen LogP contribution in [0.25, 0.3) is 22.6 Å². The Balaban J connectivity index is 2.04. The normalized spacial score (nSPS) is 10.4. The van der Waals surface area contributed by atoms with Crippen LogP contribution in [0, 0.1) is 11.3 Å². The highest BCUT2D eigenvalue weighted by atomic mass is 16.5. The molecule has 2 heterocycles. The average molecular weight is 290 g/mol. The summed E-state index contributed by atoms with van der Waals surface area (Å²) in [6.07, 6.45) is 3.51. The Kier molecular flexibility index (Phi) is 3.95. The maximum atomic E-state index is 8.87. The lowest BCUT2D eigenvalue weighted by Gasteiger charge is -2.00. The van der Waals surface area contributed by atoms with Crippen molar-refractivity contribution in [1.29, 1.82) is 5.26 Å². The summed E-state index contributed by atoms with van der Waals surface area (Å²) in [5.41, 5.74) is 4.21. The summed E-state index contributed by atoms with van der Waals surface area (Å²) in [4.78, 5) is 12.1. The maximum Gasteiger partial charge on any atom is 0.138 e.